The maximum atomic E-state index is 15.0. The quantitative estimate of drug-likeness (QED) is 0.147. The summed E-state index contributed by atoms with van der Waals surface area (Å²) in [5, 5.41) is 0. The van der Waals surface area contributed by atoms with E-state index in [9.17, 15) is 28.8 Å². The van der Waals surface area contributed by atoms with Crippen LogP contribution in [0.3, 0.4) is 0 Å². The van der Waals surface area contributed by atoms with Crippen molar-refractivity contribution >= 4 is 47.5 Å². The number of rotatable bonds is 11. The van der Waals surface area contributed by atoms with E-state index in [0.717, 1.165) is 0 Å². The Kier molecular flexibility index (Phi) is 15.9. The fourth-order valence-electron chi connectivity index (χ4n) is 14.6. The van der Waals surface area contributed by atoms with Crippen molar-refractivity contribution in [1.82, 2.24) is 19.6 Å². The molecule has 386 valence electrons. The third kappa shape index (κ3) is 12.4. The number of amides is 4. The smallest absolute Gasteiger partial charge is 0.310 e. The predicted molar refractivity (Wildman–Crippen MR) is 255 cm³/mol. The lowest BCUT2D eigenvalue weighted by Gasteiger charge is -2.55. The van der Waals surface area contributed by atoms with Crippen molar-refractivity contribution in [2.24, 2.45) is 11.8 Å². The molecule has 16 heteroatoms. The van der Waals surface area contributed by atoms with Crippen molar-refractivity contribution in [2.75, 3.05) is 0 Å². The number of hydrogen-bond acceptors (Lipinski definition) is 12. The van der Waals surface area contributed by atoms with Gasteiger partial charge in [-0.3, -0.25) is 38.4 Å². The fourth-order valence-corrected chi connectivity index (χ4v) is 14.6. The summed E-state index contributed by atoms with van der Waals surface area (Å²) in [7, 11) is 0. The summed E-state index contributed by atoms with van der Waals surface area (Å²) in [4.78, 5) is 117. The number of carbonyl (C=O) groups is 8. The normalized spacial score (nSPS) is 25.1. The summed E-state index contributed by atoms with van der Waals surface area (Å²) in [6.45, 7) is 36.4. The molecule has 0 radical (unpaired) electrons. The number of likely N-dealkylation sites (tertiary alicyclic amines) is 4. The zero-order chi connectivity index (χ0) is 52.3. The summed E-state index contributed by atoms with van der Waals surface area (Å²) in [5.41, 5.74) is -5.71. The first-order valence-electron chi connectivity index (χ1n) is 24.6. The Labute approximate surface area is 406 Å². The highest BCUT2D eigenvalue weighted by Gasteiger charge is 2.54. The van der Waals surface area contributed by atoms with E-state index >= 15 is 9.59 Å². The van der Waals surface area contributed by atoms with Crippen LogP contribution in [0.5, 0.6) is 0 Å². The van der Waals surface area contributed by atoms with E-state index in [1.807, 2.05) is 111 Å². The third-order valence-electron chi connectivity index (χ3n) is 14.9. The molecule has 4 saturated heterocycles. The highest BCUT2D eigenvalue weighted by Crippen LogP contribution is 2.45. The lowest BCUT2D eigenvalue weighted by Crippen LogP contribution is -2.64. The average Bonchev–Trinajstić information content (AvgIpc) is 3.03. The number of carbonyl (C=O) groups excluding carboxylic acids is 8. The second-order valence-corrected chi connectivity index (χ2v) is 25.5. The molecule has 4 aliphatic rings. The van der Waals surface area contributed by atoms with E-state index in [2.05, 4.69) is 0 Å². The molecular weight excluding hydrogens is 873 g/mol. The molecule has 0 aliphatic carbocycles. The first-order chi connectivity index (χ1) is 30.6. The number of hydrogen-bond donors (Lipinski definition) is 0. The second kappa shape index (κ2) is 19.2. The molecule has 0 bridgehead atoms. The van der Waals surface area contributed by atoms with Crippen LogP contribution >= 0.6 is 0 Å². The van der Waals surface area contributed by atoms with Gasteiger partial charge in [0.15, 0.2) is 0 Å². The van der Waals surface area contributed by atoms with Crippen molar-refractivity contribution < 1.29 is 57.3 Å². The first kappa shape index (κ1) is 56.3. The topological polar surface area (TPSA) is 186 Å². The van der Waals surface area contributed by atoms with Gasteiger partial charge in [0.05, 0.1) is 24.7 Å². The molecular formula is C52H86N4O12. The molecule has 4 heterocycles. The lowest BCUT2D eigenvalue weighted by atomic mass is 9.77. The molecule has 68 heavy (non-hydrogen) atoms. The predicted octanol–water partition coefficient (Wildman–Crippen LogP) is 7.44. The molecule has 0 aromatic carbocycles. The summed E-state index contributed by atoms with van der Waals surface area (Å²) in [6, 6.07) is 0. The van der Waals surface area contributed by atoms with E-state index in [1.54, 1.807) is 19.6 Å². The van der Waals surface area contributed by atoms with E-state index in [1.165, 1.54) is 27.7 Å². The fraction of sp³-hybridized carbons (Fsp3) is 0.846. The summed E-state index contributed by atoms with van der Waals surface area (Å²) >= 11 is 0. The minimum absolute atomic E-state index is 0.114. The van der Waals surface area contributed by atoms with E-state index < -0.39 is 117 Å². The zero-order valence-corrected chi connectivity index (χ0v) is 45.2. The van der Waals surface area contributed by atoms with E-state index in [4.69, 9.17) is 18.9 Å². The Balaban J connectivity index is 1.78. The minimum Gasteiger partial charge on any atom is -0.462 e. The Morgan fingerprint density at radius 1 is 0.338 bits per heavy atom. The molecule has 4 rings (SSSR count). The number of nitrogens with zero attached hydrogens (tertiary/aromatic N) is 4. The van der Waals surface area contributed by atoms with Crippen molar-refractivity contribution in [3.05, 3.63) is 0 Å². The van der Waals surface area contributed by atoms with Gasteiger partial charge in [0, 0.05) is 123 Å². The minimum atomic E-state index is -1.58. The Morgan fingerprint density at radius 3 is 0.662 bits per heavy atom. The first-order valence-corrected chi connectivity index (χ1v) is 24.6. The molecule has 0 aromatic heterocycles. The van der Waals surface area contributed by atoms with Gasteiger partial charge in [0.2, 0.25) is 23.6 Å². The number of piperidine rings is 4. The van der Waals surface area contributed by atoms with Gasteiger partial charge in [-0.25, -0.2) is 0 Å². The third-order valence-corrected chi connectivity index (χ3v) is 14.9. The second-order valence-electron chi connectivity index (χ2n) is 25.5. The van der Waals surface area contributed by atoms with E-state index in [-0.39, 0.29) is 49.3 Å². The molecule has 0 N–H and O–H groups in total. The Bertz CT molecular complexity index is 1790. The van der Waals surface area contributed by atoms with Crippen molar-refractivity contribution in [1.29, 1.82) is 0 Å². The van der Waals surface area contributed by atoms with Gasteiger partial charge in [-0.2, -0.15) is 0 Å². The Hall–Kier alpha value is -4.24. The van der Waals surface area contributed by atoms with Gasteiger partial charge < -0.3 is 38.5 Å². The van der Waals surface area contributed by atoms with Gasteiger partial charge in [-0.15, -0.1) is 0 Å². The van der Waals surface area contributed by atoms with Gasteiger partial charge in [0.25, 0.3) is 0 Å². The van der Waals surface area contributed by atoms with Gasteiger partial charge in [-0.05, 0) is 111 Å². The number of esters is 4. The SMILES string of the molecule is CC(=O)N1C(C)(C)CC(OC(=O)CC(C(=O)OC2CC(C)(C)N(C(C)=O)C(C)(C)C2)C(CC(=O)OC2CC(C)(C)N(C(C)=O)C(C)(C)C2)C(=O)OC2CC(C)(C)N(C(C)=O)C(C)(C)C2)CC1(C)C. The van der Waals surface area contributed by atoms with E-state index in [0.29, 0.717) is 25.7 Å². The molecule has 0 spiro atoms. The monoisotopic (exact) mass is 959 g/mol. The highest BCUT2D eigenvalue weighted by atomic mass is 16.6. The zero-order valence-electron chi connectivity index (χ0n) is 45.2. The van der Waals surface area contributed by atoms with Crippen LogP contribution in [0, 0.1) is 11.8 Å². The van der Waals surface area contributed by atoms with Crippen molar-refractivity contribution in [2.45, 2.75) is 271 Å². The lowest BCUT2D eigenvalue weighted by molar-refractivity contribution is -0.186. The van der Waals surface area contributed by atoms with Gasteiger partial charge in [-0.1, -0.05) is 0 Å². The van der Waals surface area contributed by atoms with Crippen LogP contribution in [0.2, 0.25) is 0 Å². The molecule has 4 fully saturated rings. The van der Waals surface area contributed by atoms with Crippen molar-refractivity contribution in [3.8, 4) is 0 Å². The van der Waals surface area contributed by atoms with Crippen LogP contribution in [-0.4, -0.2) is 136 Å². The van der Waals surface area contributed by atoms with Gasteiger partial charge in [0.1, 0.15) is 24.4 Å². The number of ether oxygens (including phenoxy) is 4. The summed E-state index contributed by atoms with van der Waals surface area (Å²) in [6.07, 6.45) is -1.78. The van der Waals surface area contributed by atoms with Crippen LogP contribution in [0.15, 0.2) is 0 Å². The molecule has 4 aliphatic heterocycles. The molecule has 2 unspecified atom stereocenters. The molecule has 0 saturated carbocycles. The summed E-state index contributed by atoms with van der Waals surface area (Å²) in [5.74, 6) is -7.05. The standard InChI is InChI=1S/C52H86N4O12/c1-31(57)53-45(5,6)23-35(24-46(53,7)8)65-41(61)21-39(43(63)67-37-27-49(13,14)55(33(3)59)50(15,16)28-37)40(44(64)68-38-29-51(17,18)56(34(4)60)52(19,20)30-38)22-42(62)66-36-25-47(9,10)54(32(2)58)48(11,12)26-36/h35-40H,21-30H2,1-20H3. The molecule has 0 aromatic rings. The highest BCUT2D eigenvalue weighted by molar-refractivity contribution is 5.89. The van der Waals surface area contributed by atoms with Crippen LogP contribution in [0.4, 0.5) is 0 Å². The molecule has 2 atom stereocenters. The molecule has 16 nitrogen and oxygen atoms in total. The Morgan fingerprint density at radius 2 is 0.500 bits per heavy atom. The van der Waals surface area contributed by atoms with Crippen molar-refractivity contribution in [3.63, 3.8) is 0 Å². The van der Waals surface area contributed by atoms with Crippen LogP contribution in [-0.2, 0) is 57.3 Å². The van der Waals surface area contributed by atoms with Crippen LogP contribution in [0.1, 0.15) is 203 Å². The van der Waals surface area contributed by atoms with Crippen LogP contribution < -0.4 is 0 Å². The summed E-state index contributed by atoms with van der Waals surface area (Å²) < 4.78 is 25.0. The van der Waals surface area contributed by atoms with Crippen LogP contribution in [0.25, 0.3) is 0 Å². The largest absolute Gasteiger partial charge is 0.462 e. The maximum absolute atomic E-state index is 15.0. The molecule has 4 amide bonds. The maximum Gasteiger partial charge on any atom is 0.310 e. The van der Waals surface area contributed by atoms with Gasteiger partial charge >= 0.3 is 23.9 Å². The average molecular weight is 959 g/mol.